The average Bonchev–Trinajstić information content (AvgIpc) is 3.09. The highest BCUT2D eigenvalue weighted by atomic mass is 16.2. The van der Waals surface area contributed by atoms with E-state index in [-0.39, 0.29) is 18.4 Å². The maximum absolute atomic E-state index is 13.5. The zero-order chi connectivity index (χ0) is 23.3. The minimum absolute atomic E-state index is 0.145. The molecule has 0 saturated carbocycles. The molecule has 1 aliphatic heterocycles. The number of hydrogen-bond acceptors (Lipinski definition) is 3. The Labute approximate surface area is 193 Å². The molecule has 4 rings (SSSR count). The first-order valence-corrected chi connectivity index (χ1v) is 11.2. The van der Waals surface area contributed by atoms with Crippen molar-refractivity contribution in [3.8, 4) is 0 Å². The molecular formula is C27H27N3O3. The molecule has 6 nitrogen and oxygen atoms in total. The van der Waals surface area contributed by atoms with E-state index in [4.69, 9.17) is 0 Å². The number of urea groups is 1. The van der Waals surface area contributed by atoms with E-state index in [1.165, 1.54) is 4.90 Å². The summed E-state index contributed by atoms with van der Waals surface area (Å²) in [5, 5.41) is 5.81. The van der Waals surface area contributed by atoms with Crippen LogP contribution < -0.4 is 10.6 Å². The van der Waals surface area contributed by atoms with Crippen LogP contribution in [0, 0.1) is 0 Å². The molecular weight excluding hydrogens is 414 g/mol. The molecule has 6 heteroatoms. The number of unbranched alkanes of at least 4 members (excludes halogenated alkanes) is 1. The number of carbonyl (C=O) groups is 3. The van der Waals surface area contributed by atoms with Gasteiger partial charge in [0.25, 0.3) is 11.8 Å². The highest BCUT2D eigenvalue weighted by molar-refractivity contribution is 6.07. The van der Waals surface area contributed by atoms with E-state index in [1.807, 2.05) is 60.7 Å². The van der Waals surface area contributed by atoms with Crippen LogP contribution >= 0.6 is 0 Å². The first-order valence-electron chi connectivity index (χ1n) is 11.2. The van der Waals surface area contributed by atoms with Crippen molar-refractivity contribution in [3.63, 3.8) is 0 Å². The number of benzene rings is 3. The van der Waals surface area contributed by atoms with Crippen molar-refractivity contribution in [2.45, 2.75) is 38.3 Å². The van der Waals surface area contributed by atoms with Gasteiger partial charge < -0.3 is 10.6 Å². The molecule has 1 unspecified atom stereocenters. The zero-order valence-corrected chi connectivity index (χ0v) is 18.6. The van der Waals surface area contributed by atoms with Gasteiger partial charge >= 0.3 is 6.03 Å². The van der Waals surface area contributed by atoms with E-state index in [0.29, 0.717) is 12.0 Å². The molecule has 1 heterocycles. The number of rotatable bonds is 8. The average molecular weight is 442 g/mol. The van der Waals surface area contributed by atoms with Gasteiger partial charge in [-0.15, -0.1) is 0 Å². The van der Waals surface area contributed by atoms with Gasteiger partial charge in [-0.2, -0.15) is 0 Å². The first-order chi connectivity index (χ1) is 16.0. The number of para-hydroxylation sites is 1. The van der Waals surface area contributed by atoms with Gasteiger partial charge in [0.1, 0.15) is 5.54 Å². The molecule has 0 spiro atoms. The van der Waals surface area contributed by atoms with Crippen LogP contribution in [0.15, 0.2) is 84.9 Å². The van der Waals surface area contributed by atoms with Crippen molar-refractivity contribution >= 4 is 23.5 Å². The van der Waals surface area contributed by atoms with E-state index in [9.17, 15) is 14.4 Å². The second kappa shape index (κ2) is 9.69. The Kier molecular flexibility index (Phi) is 6.54. The van der Waals surface area contributed by atoms with Crippen molar-refractivity contribution in [1.82, 2.24) is 10.2 Å². The topological polar surface area (TPSA) is 78.5 Å². The molecule has 0 aromatic heterocycles. The Morgan fingerprint density at radius 1 is 0.909 bits per heavy atom. The standard InChI is InChI=1S/C27H27N3O3/c1-2-3-18-27(22-10-6-4-7-11-22)25(32)30(26(33)29-27)19-20-14-16-21(17-15-20)24(31)28-23-12-8-5-9-13-23/h4-17H,2-3,18-19H2,1H3,(H,28,31)(H,29,33). The van der Waals surface area contributed by atoms with Crippen LogP contribution in [0.3, 0.4) is 0 Å². The SMILES string of the molecule is CCCCC1(c2ccccc2)NC(=O)N(Cc2ccc(C(=O)Nc3ccccc3)cc2)C1=O. The molecule has 4 amide bonds. The van der Waals surface area contributed by atoms with Crippen LogP contribution in [0.4, 0.5) is 10.5 Å². The fraction of sp³-hybridized carbons (Fsp3) is 0.222. The fourth-order valence-corrected chi connectivity index (χ4v) is 4.11. The van der Waals surface area contributed by atoms with Gasteiger partial charge in [-0.3, -0.25) is 14.5 Å². The predicted octanol–water partition coefficient (Wildman–Crippen LogP) is 5.08. The Morgan fingerprint density at radius 2 is 1.55 bits per heavy atom. The molecule has 1 fully saturated rings. The molecule has 3 aromatic rings. The molecule has 0 radical (unpaired) electrons. The third kappa shape index (κ3) is 4.65. The van der Waals surface area contributed by atoms with Crippen LogP contribution in [-0.2, 0) is 16.9 Å². The van der Waals surface area contributed by atoms with Gasteiger partial charge in [-0.05, 0) is 41.8 Å². The van der Waals surface area contributed by atoms with Crippen LogP contribution in [0.2, 0.25) is 0 Å². The quantitative estimate of drug-likeness (QED) is 0.479. The Balaban J connectivity index is 1.50. The number of nitrogens with one attached hydrogen (secondary N) is 2. The second-order valence-electron chi connectivity index (χ2n) is 8.21. The number of nitrogens with zero attached hydrogens (tertiary/aromatic N) is 1. The van der Waals surface area contributed by atoms with Crippen LogP contribution in [0.25, 0.3) is 0 Å². The number of anilines is 1. The summed E-state index contributed by atoms with van der Waals surface area (Å²) < 4.78 is 0. The third-order valence-corrected chi connectivity index (χ3v) is 5.94. The molecule has 3 aromatic carbocycles. The lowest BCUT2D eigenvalue weighted by atomic mass is 9.85. The molecule has 1 atom stereocenters. The highest BCUT2D eigenvalue weighted by Crippen LogP contribution is 2.34. The summed E-state index contributed by atoms with van der Waals surface area (Å²) in [6.07, 6.45) is 2.29. The van der Waals surface area contributed by atoms with Crippen molar-refractivity contribution in [1.29, 1.82) is 0 Å². The first kappa shape index (κ1) is 22.3. The summed E-state index contributed by atoms with van der Waals surface area (Å²) in [6.45, 7) is 2.21. The lowest BCUT2D eigenvalue weighted by Gasteiger charge is -2.27. The third-order valence-electron chi connectivity index (χ3n) is 5.94. The second-order valence-corrected chi connectivity index (χ2v) is 8.21. The van der Waals surface area contributed by atoms with Gasteiger partial charge in [-0.25, -0.2) is 4.79 Å². The highest BCUT2D eigenvalue weighted by Gasteiger charge is 2.51. The summed E-state index contributed by atoms with van der Waals surface area (Å²) in [7, 11) is 0. The number of imide groups is 1. The molecule has 1 aliphatic rings. The summed E-state index contributed by atoms with van der Waals surface area (Å²) in [5.41, 5.74) is 1.75. The summed E-state index contributed by atoms with van der Waals surface area (Å²) in [5.74, 6) is -0.455. The zero-order valence-electron chi connectivity index (χ0n) is 18.6. The van der Waals surface area contributed by atoms with Gasteiger partial charge in [0.05, 0.1) is 6.54 Å². The fourth-order valence-electron chi connectivity index (χ4n) is 4.11. The molecule has 33 heavy (non-hydrogen) atoms. The number of hydrogen-bond donors (Lipinski definition) is 2. The van der Waals surface area contributed by atoms with Gasteiger partial charge in [0.15, 0.2) is 0 Å². The molecule has 0 aliphatic carbocycles. The number of amides is 4. The van der Waals surface area contributed by atoms with E-state index in [0.717, 1.165) is 29.7 Å². The maximum atomic E-state index is 13.5. The monoisotopic (exact) mass is 441 g/mol. The lowest BCUT2D eigenvalue weighted by Crippen LogP contribution is -2.44. The Hall–Kier alpha value is -3.93. The summed E-state index contributed by atoms with van der Waals surface area (Å²) >= 11 is 0. The normalized spacial score (nSPS) is 17.7. The Morgan fingerprint density at radius 3 is 2.18 bits per heavy atom. The van der Waals surface area contributed by atoms with E-state index in [1.54, 1.807) is 24.3 Å². The lowest BCUT2D eigenvalue weighted by molar-refractivity contribution is -0.132. The van der Waals surface area contributed by atoms with Gasteiger partial charge in [-0.1, -0.05) is 80.4 Å². The maximum Gasteiger partial charge on any atom is 0.325 e. The summed E-state index contributed by atoms with van der Waals surface area (Å²) in [6, 6.07) is 25.2. The van der Waals surface area contributed by atoms with Crippen LogP contribution in [0.5, 0.6) is 0 Å². The minimum Gasteiger partial charge on any atom is -0.322 e. The molecule has 1 saturated heterocycles. The smallest absolute Gasteiger partial charge is 0.322 e. The Bertz CT molecular complexity index is 1130. The number of carbonyl (C=O) groups excluding carboxylic acids is 3. The van der Waals surface area contributed by atoms with Gasteiger partial charge in [0, 0.05) is 11.3 Å². The largest absolute Gasteiger partial charge is 0.325 e. The van der Waals surface area contributed by atoms with Gasteiger partial charge in [0.2, 0.25) is 0 Å². The van der Waals surface area contributed by atoms with E-state index in [2.05, 4.69) is 17.6 Å². The summed E-state index contributed by atoms with van der Waals surface area (Å²) in [4.78, 5) is 40.1. The van der Waals surface area contributed by atoms with E-state index < -0.39 is 11.6 Å². The molecule has 2 N–H and O–H groups in total. The van der Waals surface area contributed by atoms with E-state index >= 15 is 0 Å². The van der Waals surface area contributed by atoms with Crippen molar-refractivity contribution in [2.75, 3.05) is 5.32 Å². The van der Waals surface area contributed by atoms with Crippen LogP contribution in [-0.4, -0.2) is 22.7 Å². The van der Waals surface area contributed by atoms with Crippen molar-refractivity contribution in [2.24, 2.45) is 0 Å². The van der Waals surface area contributed by atoms with Crippen LogP contribution in [0.1, 0.15) is 47.7 Å². The molecule has 168 valence electrons. The molecule has 0 bridgehead atoms. The van der Waals surface area contributed by atoms with Crippen molar-refractivity contribution in [3.05, 3.63) is 102 Å². The minimum atomic E-state index is -1.04. The van der Waals surface area contributed by atoms with Crippen molar-refractivity contribution < 1.29 is 14.4 Å². The predicted molar refractivity (Wildman–Crippen MR) is 128 cm³/mol.